The number of amides is 1. The highest BCUT2D eigenvalue weighted by atomic mass is 32.2. The van der Waals surface area contributed by atoms with Gasteiger partial charge in [-0.3, -0.25) is 9.19 Å². The second-order valence-corrected chi connectivity index (χ2v) is 7.55. The molecule has 1 aromatic rings. The van der Waals surface area contributed by atoms with Crippen LogP contribution < -0.4 is 0 Å². The van der Waals surface area contributed by atoms with Crippen molar-refractivity contribution in [2.45, 2.75) is 42.9 Å². The molecule has 2 atom stereocenters. The number of pyridine rings is 1. The Morgan fingerprint density at radius 1 is 1.40 bits per heavy atom. The number of nitrogens with zero attached hydrogens (tertiary/aromatic N) is 2. The Labute approximate surface area is 121 Å². The van der Waals surface area contributed by atoms with Gasteiger partial charge in [0.25, 0.3) is 0 Å². The van der Waals surface area contributed by atoms with E-state index in [2.05, 4.69) is 4.98 Å². The topological polar surface area (TPSA) is 59.5 Å². The van der Waals surface area contributed by atoms with Crippen molar-refractivity contribution in [3.8, 4) is 0 Å². The van der Waals surface area contributed by atoms with E-state index in [1.54, 1.807) is 29.4 Å². The summed E-state index contributed by atoms with van der Waals surface area (Å²) in [6.07, 6.45) is 3.67. The minimum absolute atomic E-state index is 0.0371. The van der Waals surface area contributed by atoms with Crippen molar-refractivity contribution in [1.29, 1.82) is 0 Å². The molecular weight excluding hydrogens is 276 g/mol. The number of ether oxygens (including phenoxy) is 1. The van der Waals surface area contributed by atoms with Gasteiger partial charge in [0.2, 0.25) is 0 Å². The van der Waals surface area contributed by atoms with Crippen LogP contribution in [0.15, 0.2) is 29.4 Å². The predicted molar refractivity (Wildman–Crippen MR) is 76.9 cm³/mol. The summed E-state index contributed by atoms with van der Waals surface area (Å²) >= 11 is 0. The molecule has 0 N–H and O–H groups in total. The molecule has 0 radical (unpaired) electrons. The van der Waals surface area contributed by atoms with E-state index in [-0.39, 0.29) is 11.3 Å². The molecule has 1 fully saturated rings. The van der Waals surface area contributed by atoms with Gasteiger partial charge in [0, 0.05) is 30.4 Å². The molecule has 0 spiro atoms. The van der Waals surface area contributed by atoms with Crippen LogP contribution in [0, 0.1) is 0 Å². The third-order valence-electron chi connectivity index (χ3n) is 2.98. The van der Waals surface area contributed by atoms with Crippen LogP contribution in [0.2, 0.25) is 0 Å². The molecule has 1 aliphatic rings. The molecule has 0 saturated carbocycles. The molecule has 0 aliphatic carbocycles. The molecule has 1 saturated heterocycles. The average Bonchev–Trinajstić information content (AvgIpc) is 2.86. The van der Waals surface area contributed by atoms with E-state index in [1.807, 2.05) is 20.8 Å². The lowest BCUT2D eigenvalue weighted by Gasteiger charge is -2.24. The van der Waals surface area contributed by atoms with Crippen molar-refractivity contribution in [2.24, 2.45) is 0 Å². The van der Waals surface area contributed by atoms with Gasteiger partial charge in [0.1, 0.15) is 5.60 Å². The van der Waals surface area contributed by atoms with Gasteiger partial charge in [0.05, 0.1) is 16.0 Å². The Hall–Kier alpha value is -1.43. The van der Waals surface area contributed by atoms with Crippen LogP contribution in [0.4, 0.5) is 4.79 Å². The number of carbonyl (C=O) groups excluding carboxylic acids is 1. The lowest BCUT2D eigenvalue weighted by molar-refractivity contribution is 0.0295. The SMILES string of the molecule is CC(C)(C)OC(=O)N1CC[C@@H](S(=O)c2ccncc2)C1. The van der Waals surface area contributed by atoms with E-state index in [0.717, 1.165) is 11.3 Å². The van der Waals surface area contributed by atoms with Gasteiger partial charge < -0.3 is 9.64 Å². The first kappa shape index (κ1) is 15.0. The van der Waals surface area contributed by atoms with Gasteiger partial charge in [-0.15, -0.1) is 0 Å². The number of carbonyl (C=O) groups is 1. The molecule has 1 unspecified atom stereocenters. The summed E-state index contributed by atoms with van der Waals surface area (Å²) in [7, 11) is -1.11. The Kier molecular flexibility index (Phi) is 4.42. The molecular formula is C14H20N2O3S. The molecule has 2 heterocycles. The van der Waals surface area contributed by atoms with Crippen molar-refractivity contribution in [2.75, 3.05) is 13.1 Å². The fourth-order valence-electron chi connectivity index (χ4n) is 2.06. The van der Waals surface area contributed by atoms with Crippen molar-refractivity contribution >= 4 is 16.9 Å². The monoisotopic (exact) mass is 296 g/mol. The second kappa shape index (κ2) is 5.91. The molecule has 0 bridgehead atoms. The van der Waals surface area contributed by atoms with Crippen LogP contribution in [0.1, 0.15) is 27.2 Å². The Balaban J connectivity index is 1.96. The van der Waals surface area contributed by atoms with E-state index in [9.17, 15) is 9.00 Å². The van der Waals surface area contributed by atoms with Gasteiger partial charge in [-0.25, -0.2) is 4.79 Å². The smallest absolute Gasteiger partial charge is 0.410 e. The fraction of sp³-hybridized carbons (Fsp3) is 0.571. The molecule has 0 aromatic carbocycles. The summed E-state index contributed by atoms with van der Waals surface area (Å²) in [5.41, 5.74) is -0.501. The molecule has 5 nitrogen and oxygen atoms in total. The Morgan fingerprint density at radius 2 is 2.05 bits per heavy atom. The number of likely N-dealkylation sites (tertiary alicyclic amines) is 1. The summed E-state index contributed by atoms with van der Waals surface area (Å²) in [5.74, 6) is 0. The highest BCUT2D eigenvalue weighted by molar-refractivity contribution is 7.85. The zero-order chi connectivity index (χ0) is 14.8. The Morgan fingerprint density at radius 3 is 2.65 bits per heavy atom. The first-order valence-corrected chi connectivity index (χ1v) is 7.86. The average molecular weight is 296 g/mol. The van der Waals surface area contributed by atoms with Crippen LogP contribution in [0.5, 0.6) is 0 Å². The lowest BCUT2D eigenvalue weighted by Crippen LogP contribution is -2.36. The van der Waals surface area contributed by atoms with Gasteiger partial charge in [-0.2, -0.15) is 0 Å². The molecule has 110 valence electrons. The van der Waals surface area contributed by atoms with Crippen LogP contribution in [-0.2, 0) is 15.5 Å². The van der Waals surface area contributed by atoms with E-state index in [4.69, 9.17) is 4.74 Å². The highest BCUT2D eigenvalue weighted by Crippen LogP contribution is 2.21. The predicted octanol–water partition coefficient (Wildman–Crippen LogP) is 2.20. The minimum Gasteiger partial charge on any atom is -0.444 e. The van der Waals surface area contributed by atoms with E-state index < -0.39 is 16.4 Å². The number of rotatable bonds is 2. The fourth-order valence-corrected chi connectivity index (χ4v) is 3.47. The standard InChI is InChI=1S/C14H20N2O3S/c1-14(2,3)19-13(17)16-9-6-12(10-16)20(18)11-4-7-15-8-5-11/h4-5,7-8,12H,6,9-10H2,1-3H3/t12-,20?/m1/s1. The summed E-state index contributed by atoms with van der Waals surface area (Å²) in [6, 6.07) is 3.51. The number of hydrogen-bond acceptors (Lipinski definition) is 4. The van der Waals surface area contributed by atoms with Crippen LogP contribution in [-0.4, -0.2) is 44.1 Å². The number of hydrogen-bond donors (Lipinski definition) is 0. The third-order valence-corrected chi connectivity index (χ3v) is 4.71. The van der Waals surface area contributed by atoms with E-state index in [0.29, 0.717) is 13.1 Å². The second-order valence-electron chi connectivity index (χ2n) is 5.82. The van der Waals surface area contributed by atoms with E-state index >= 15 is 0 Å². The van der Waals surface area contributed by atoms with E-state index in [1.165, 1.54) is 0 Å². The van der Waals surface area contributed by atoms with Crippen molar-refractivity contribution in [3.05, 3.63) is 24.5 Å². The summed E-state index contributed by atoms with van der Waals surface area (Å²) in [4.78, 5) is 18.3. The third kappa shape index (κ3) is 3.79. The summed E-state index contributed by atoms with van der Waals surface area (Å²) in [6.45, 7) is 6.59. The summed E-state index contributed by atoms with van der Waals surface area (Å²) < 4.78 is 17.7. The minimum atomic E-state index is -1.11. The summed E-state index contributed by atoms with van der Waals surface area (Å²) in [5, 5.41) is -0.0371. The zero-order valence-corrected chi connectivity index (χ0v) is 12.9. The molecule has 20 heavy (non-hydrogen) atoms. The molecule has 1 aliphatic heterocycles. The first-order chi connectivity index (χ1) is 9.37. The maximum absolute atomic E-state index is 12.4. The zero-order valence-electron chi connectivity index (χ0n) is 12.0. The largest absolute Gasteiger partial charge is 0.444 e. The molecule has 6 heteroatoms. The molecule has 2 rings (SSSR count). The van der Waals surface area contributed by atoms with Gasteiger partial charge in [-0.1, -0.05) is 0 Å². The maximum Gasteiger partial charge on any atom is 0.410 e. The lowest BCUT2D eigenvalue weighted by atomic mass is 10.2. The quantitative estimate of drug-likeness (QED) is 0.839. The number of aromatic nitrogens is 1. The normalized spacial score (nSPS) is 20.8. The van der Waals surface area contributed by atoms with Crippen molar-refractivity contribution < 1.29 is 13.7 Å². The first-order valence-electron chi connectivity index (χ1n) is 6.65. The van der Waals surface area contributed by atoms with Gasteiger partial charge >= 0.3 is 6.09 Å². The Bertz CT molecular complexity index is 499. The van der Waals surface area contributed by atoms with Crippen LogP contribution >= 0.6 is 0 Å². The van der Waals surface area contributed by atoms with Crippen molar-refractivity contribution in [1.82, 2.24) is 9.88 Å². The maximum atomic E-state index is 12.4. The van der Waals surface area contributed by atoms with Gasteiger partial charge in [-0.05, 0) is 39.3 Å². The van der Waals surface area contributed by atoms with Crippen molar-refractivity contribution in [3.63, 3.8) is 0 Å². The van der Waals surface area contributed by atoms with Gasteiger partial charge in [0.15, 0.2) is 0 Å². The van der Waals surface area contributed by atoms with Crippen LogP contribution in [0.3, 0.4) is 0 Å². The molecule has 1 amide bonds. The highest BCUT2D eigenvalue weighted by Gasteiger charge is 2.33. The molecule has 1 aromatic heterocycles. The van der Waals surface area contributed by atoms with Crippen LogP contribution in [0.25, 0.3) is 0 Å².